The number of nitriles is 1. The first-order valence-corrected chi connectivity index (χ1v) is 8.06. The monoisotopic (exact) mass is 330 g/mol. The molecule has 8 heteroatoms. The van der Waals surface area contributed by atoms with Crippen molar-refractivity contribution in [1.82, 2.24) is 14.7 Å². The molecule has 1 aliphatic rings. The molecule has 1 saturated heterocycles. The van der Waals surface area contributed by atoms with Crippen LogP contribution >= 0.6 is 11.8 Å². The molecule has 0 spiro atoms. The van der Waals surface area contributed by atoms with Crippen LogP contribution in [0.25, 0.3) is 11.3 Å². The smallest absolute Gasteiger partial charge is 0.246 e. The van der Waals surface area contributed by atoms with Crippen molar-refractivity contribution in [3.05, 3.63) is 30.5 Å². The molecule has 0 saturated carbocycles. The Morgan fingerprint density at radius 3 is 3.04 bits per heavy atom. The van der Waals surface area contributed by atoms with Gasteiger partial charge in [-0.25, -0.2) is 0 Å². The molecule has 2 aromatic rings. The van der Waals surface area contributed by atoms with E-state index >= 15 is 0 Å². The third-order valence-corrected chi connectivity index (χ3v) is 4.62. The Balaban J connectivity index is 1.86. The number of carbonyl (C=O) groups is 1. The van der Waals surface area contributed by atoms with E-state index in [0.29, 0.717) is 22.9 Å². The summed E-state index contributed by atoms with van der Waals surface area (Å²) in [5.41, 5.74) is 0.912. The lowest BCUT2D eigenvalue weighted by molar-refractivity contribution is -0.131. The fraction of sp³-hybridized carbons (Fsp3) is 0.267. The number of phenols is 2. The lowest BCUT2D eigenvalue weighted by Crippen LogP contribution is -2.38. The van der Waals surface area contributed by atoms with Crippen LogP contribution in [0.15, 0.2) is 30.5 Å². The predicted molar refractivity (Wildman–Crippen MR) is 84.6 cm³/mol. The van der Waals surface area contributed by atoms with Gasteiger partial charge in [-0.2, -0.15) is 10.4 Å². The summed E-state index contributed by atoms with van der Waals surface area (Å²) in [5, 5.41) is 32.7. The van der Waals surface area contributed by atoms with Crippen LogP contribution in [0.3, 0.4) is 0 Å². The van der Waals surface area contributed by atoms with Gasteiger partial charge in [-0.15, -0.1) is 11.8 Å². The maximum absolute atomic E-state index is 12.4. The average Bonchev–Trinajstić information content (AvgIpc) is 3.18. The van der Waals surface area contributed by atoms with Gasteiger partial charge in [0.05, 0.1) is 17.6 Å². The number of benzene rings is 1. The molecule has 1 aliphatic heterocycles. The first-order valence-electron chi connectivity index (χ1n) is 6.91. The summed E-state index contributed by atoms with van der Waals surface area (Å²) in [5.74, 6) is 0.902. The van der Waals surface area contributed by atoms with Crippen molar-refractivity contribution >= 4 is 17.7 Å². The maximum Gasteiger partial charge on any atom is 0.246 e. The molecule has 2 N–H and O–H groups in total. The van der Waals surface area contributed by atoms with Crippen LogP contribution in [0.5, 0.6) is 11.5 Å². The SMILES string of the molecule is N#C[C@@H]1CSCN1C(=O)Cn1nccc1-c1cc(O)ccc1O. The van der Waals surface area contributed by atoms with Gasteiger partial charge >= 0.3 is 0 Å². The van der Waals surface area contributed by atoms with E-state index in [4.69, 9.17) is 5.26 Å². The van der Waals surface area contributed by atoms with Crippen molar-refractivity contribution < 1.29 is 15.0 Å². The molecule has 0 bridgehead atoms. The summed E-state index contributed by atoms with van der Waals surface area (Å²) < 4.78 is 1.45. The second-order valence-electron chi connectivity index (χ2n) is 5.08. The molecule has 3 rings (SSSR count). The van der Waals surface area contributed by atoms with Crippen molar-refractivity contribution in [2.75, 3.05) is 11.6 Å². The lowest BCUT2D eigenvalue weighted by atomic mass is 10.1. The average molecular weight is 330 g/mol. The molecule has 118 valence electrons. The van der Waals surface area contributed by atoms with E-state index in [-0.39, 0.29) is 24.0 Å². The van der Waals surface area contributed by atoms with Crippen molar-refractivity contribution in [2.24, 2.45) is 0 Å². The summed E-state index contributed by atoms with van der Waals surface area (Å²) in [7, 11) is 0. The van der Waals surface area contributed by atoms with Crippen molar-refractivity contribution in [2.45, 2.75) is 12.6 Å². The highest BCUT2D eigenvalue weighted by atomic mass is 32.2. The largest absolute Gasteiger partial charge is 0.508 e. The Labute approximate surface area is 136 Å². The van der Waals surface area contributed by atoms with Gasteiger partial charge in [-0.1, -0.05) is 0 Å². The molecule has 7 nitrogen and oxygen atoms in total. The summed E-state index contributed by atoms with van der Waals surface area (Å²) in [4.78, 5) is 13.9. The number of thioether (sulfide) groups is 1. The molecule has 1 atom stereocenters. The van der Waals surface area contributed by atoms with Gasteiger partial charge in [-0.05, 0) is 24.3 Å². The van der Waals surface area contributed by atoms with Crippen molar-refractivity contribution in [3.8, 4) is 28.8 Å². The molecule has 0 aliphatic carbocycles. The Hall–Kier alpha value is -2.66. The zero-order chi connectivity index (χ0) is 16.4. The van der Waals surface area contributed by atoms with E-state index in [2.05, 4.69) is 11.2 Å². The van der Waals surface area contributed by atoms with E-state index in [1.807, 2.05) is 0 Å². The van der Waals surface area contributed by atoms with Crippen molar-refractivity contribution in [1.29, 1.82) is 5.26 Å². The first-order chi connectivity index (χ1) is 11.1. The zero-order valence-corrected chi connectivity index (χ0v) is 12.9. The maximum atomic E-state index is 12.4. The second-order valence-corrected chi connectivity index (χ2v) is 6.08. The molecule has 1 aromatic carbocycles. The fourth-order valence-corrected chi connectivity index (χ4v) is 3.53. The number of amides is 1. The number of nitrogens with zero attached hydrogens (tertiary/aromatic N) is 4. The zero-order valence-electron chi connectivity index (χ0n) is 12.1. The normalized spacial score (nSPS) is 17.2. The van der Waals surface area contributed by atoms with Gasteiger partial charge in [0.15, 0.2) is 0 Å². The highest BCUT2D eigenvalue weighted by Gasteiger charge is 2.29. The van der Waals surface area contributed by atoms with Crippen LogP contribution in [-0.2, 0) is 11.3 Å². The van der Waals surface area contributed by atoms with Crippen LogP contribution in [0.4, 0.5) is 0 Å². The van der Waals surface area contributed by atoms with Crippen molar-refractivity contribution in [3.63, 3.8) is 0 Å². The van der Waals surface area contributed by atoms with E-state index < -0.39 is 6.04 Å². The minimum atomic E-state index is -0.416. The molecule has 0 radical (unpaired) electrons. The predicted octanol–water partition coefficient (Wildman–Crippen LogP) is 1.39. The van der Waals surface area contributed by atoms with Crippen LogP contribution in [0.1, 0.15) is 0 Å². The fourth-order valence-electron chi connectivity index (χ4n) is 2.43. The third kappa shape index (κ3) is 2.96. The van der Waals surface area contributed by atoms with Gasteiger partial charge in [0.1, 0.15) is 24.1 Å². The number of hydrogen-bond acceptors (Lipinski definition) is 6. The van der Waals surface area contributed by atoms with E-state index in [1.54, 1.807) is 17.8 Å². The number of rotatable bonds is 3. The van der Waals surface area contributed by atoms with Gasteiger partial charge < -0.3 is 15.1 Å². The van der Waals surface area contributed by atoms with Gasteiger partial charge in [0.2, 0.25) is 5.91 Å². The first kappa shape index (κ1) is 15.2. The standard InChI is InChI=1S/C15H14N4O3S/c16-6-10-8-23-9-18(10)15(22)7-19-13(3-4-17-19)12-5-11(20)1-2-14(12)21/h1-5,10,20-21H,7-9H2/t10-/m1/s1. The molecule has 2 heterocycles. The lowest BCUT2D eigenvalue weighted by Gasteiger charge is -2.19. The number of aromatic hydroxyl groups is 2. The van der Waals surface area contributed by atoms with E-state index in [9.17, 15) is 15.0 Å². The Morgan fingerprint density at radius 1 is 1.43 bits per heavy atom. The number of hydrogen-bond donors (Lipinski definition) is 2. The number of carbonyl (C=O) groups excluding carboxylic acids is 1. The number of phenolic OH excluding ortho intramolecular Hbond substituents is 2. The minimum Gasteiger partial charge on any atom is -0.508 e. The summed E-state index contributed by atoms with van der Waals surface area (Å²) in [6.45, 7) is -0.0316. The summed E-state index contributed by atoms with van der Waals surface area (Å²) >= 11 is 1.54. The van der Waals surface area contributed by atoms with Gasteiger partial charge in [0.25, 0.3) is 0 Å². The molecule has 1 amide bonds. The van der Waals surface area contributed by atoms with E-state index in [0.717, 1.165) is 0 Å². The van der Waals surface area contributed by atoms with E-state index in [1.165, 1.54) is 34.0 Å². The Kier molecular flexibility index (Phi) is 4.12. The minimum absolute atomic E-state index is 0.0105. The third-order valence-electron chi connectivity index (χ3n) is 3.61. The molecule has 1 fully saturated rings. The molecular weight excluding hydrogens is 316 g/mol. The molecule has 23 heavy (non-hydrogen) atoms. The van der Waals surface area contributed by atoms with Gasteiger partial charge in [-0.3, -0.25) is 9.48 Å². The summed E-state index contributed by atoms with van der Waals surface area (Å²) in [6, 6.07) is 7.53. The van der Waals surface area contributed by atoms with Crippen LogP contribution in [-0.4, -0.2) is 48.5 Å². The molecule has 1 aromatic heterocycles. The second kappa shape index (κ2) is 6.22. The van der Waals surface area contributed by atoms with Crippen LogP contribution in [0.2, 0.25) is 0 Å². The quantitative estimate of drug-likeness (QED) is 0.825. The topological polar surface area (TPSA) is 102 Å². The molecular formula is C15H14N4O3S. The summed E-state index contributed by atoms with van der Waals surface area (Å²) in [6.07, 6.45) is 1.52. The Morgan fingerprint density at radius 2 is 2.26 bits per heavy atom. The van der Waals surface area contributed by atoms with Gasteiger partial charge in [0, 0.05) is 17.5 Å². The highest BCUT2D eigenvalue weighted by Crippen LogP contribution is 2.32. The van der Waals surface area contributed by atoms with Crippen LogP contribution in [0, 0.1) is 11.3 Å². The van der Waals surface area contributed by atoms with Crippen LogP contribution < -0.4 is 0 Å². The Bertz CT molecular complexity index is 783. The molecule has 0 unspecified atom stereocenters. The number of aromatic nitrogens is 2. The highest BCUT2D eigenvalue weighted by molar-refractivity contribution is 7.99.